The number of nitrogens with one attached hydrogen (secondary N) is 1. The maximum Gasteiger partial charge on any atom is 0.243 e. The van der Waals surface area contributed by atoms with Gasteiger partial charge in [-0.25, -0.2) is 20.1 Å². The first-order valence-electron chi connectivity index (χ1n) is 12.1. The molecule has 1 atom stereocenters. The van der Waals surface area contributed by atoms with E-state index in [-0.39, 0.29) is 11.9 Å². The van der Waals surface area contributed by atoms with Crippen molar-refractivity contribution in [1.82, 2.24) is 30.1 Å². The number of carbonyl (C=O) groups is 1. The monoisotopic (exact) mass is 487 g/mol. The molecule has 4 aromatic rings. The molecule has 1 saturated heterocycles. The molecule has 10 heteroatoms. The molecule has 2 aromatic heterocycles. The van der Waals surface area contributed by atoms with Crippen molar-refractivity contribution < 1.29 is 14.7 Å². The summed E-state index contributed by atoms with van der Waals surface area (Å²) in [5.41, 5.74) is 10.4. The minimum absolute atomic E-state index is 0.164. The number of aromatic nitrogens is 4. The molecule has 0 saturated carbocycles. The second-order valence-electron chi connectivity index (χ2n) is 8.93. The molecule has 1 aliphatic rings. The molecular weight excluding hydrogens is 458 g/mol. The van der Waals surface area contributed by atoms with Crippen molar-refractivity contribution in [3.63, 3.8) is 0 Å². The molecule has 36 heavy (non-hydrogen) atoms. The highest BCUT2D eigenvalue weighted by atomic mass is 16.5. The van der Waals surface area contributed by atoms with Gasteiger partial charge in [0.05, 0.1) is 11.4 Å². The van der Waals surface area contributed by atoms with Crippen molar-refractivity contribution in [2.75, 3.05) is 25.4 Å². The predicted molar refractivity (Wildman–Crippen MR) is 136 cm³/mol. The van der Waals surface area contributed by atoms with Gasteiger partial charge in [-0.1, -0.05) is 18.2 Å². The Kier molecular flexibility index (Phi) is 7.06. The van der Waals surface area contributed by atoms with Crippen LogP contribution >= 0.6 is 0 Å². The number of amides is 1. The van der Waals surface area contributed by atoms with Crippen molar-refractivity contribution in [2.45, 2.75) is 31.7 Å². The van der Waals surface area contributed by atoms with Gasteiger partial charge in [0.25, 0.3) is 0 Å². The van der Waals surface area contributed by atoms with Gasteiger partial charge in [-0.2, -0.15) is 5.10 Å². The van der Waals surface area contributed by atoms with Crippen LogP contribution in [-0.4, -0.2) is 55.4 Å². The third-order valence-corrected chi connectivity index (χ3v) is 6.47. The molecule has 2 aromatic carbocycles. The number of unbranched alkanes of at least 4 members (excludes halogenated alkanes) is 1. The molecular formula is C26H29N7O3. The largest absolute Gasteiger partial charge is 0.457 e. The first-order chi connectivity index (χ1) is 17.6. The van der Waals surface area contributed by atoms with Crippen LogP contribution in [0.5, 0.6) is 11.5 Å². The Morgan fingerprint density at radius 2 is 1.86 bits per heavy atom. The Morgan fingerprint density at radius 1 is 1.08 bits per heavy atom. The number of nitrogen functional groups attached to an aromatic ring is 1. The SMILES string of the molecule is Nc1ncnc2c1c(-c1ccc(Oc3ccccc3)cc1)nn2C1CCN(CCCCC(=O)NO)C1. The van der Waals surface area contributed by atoms with E-state index in [4.69, 9.17) is 20.8 Å². The van der Waals surface area contributed by atoms with Crippen LogP contribution in [0.4, 0.5) is 5.82 Å². The van der Waals surface area contributed by atoms with Crippen LogP contribution in [-0.2, 0) is 4.79 Å². The summed E-state index contributed by atoms with van der Waals surface area (Å²) in [5.74, 6) is 1.57. The first-order valence-corrected chi connectivity index (χ1v) is 12.1. The lowest BCUT2D eigenvalue weighted by molar-refractivity contribution is -0.129. The minimum Gasteiger partial charge on any atom is -0.457 e. The summed E-state index contributed by atoms with van der Waals surface area (Å²) in [5, 5.41) is 14.3. The Labute approximate surface area is 208 Å². The van der Waals surface area contributed by atoms with Gasteiger partial charge in [0, 0.05) is 25.1 Å². The van der Waals surface area contributed by atoms with Gasteiger partial charge < -0.3 is 15.4 Å². The molecule has 0 bridgehead atoms. The maximum absolute atomic E-state index is 11.2. The molecule has 3 heterocycles. The number of rotatable bonds is 9. The van der Waals surface area contributed by atoms with E-state index in [1.807, 2.05) is 59.3 Å². The number of anilines is 1. The summed E-state index contributed by atoms with van der Waals surface area (Å²) in [6.45, 7) is 2.68. The summed E-state index contributed by atoms with van der Waals surface area (Å²) in [4.78, 5) is 22.3. The second-order valence-corrected chi connectivity index (χ2v) is 8.93. The van der Waals surface area contributed by atoms with Crippen molar-refractivity contribution in [2.24, 2.45) is 0 Å². The van der Waals surface area contributed by atoms with E-state index < -0.39 is 0 Å². The third-order valence-electron chi connectivity index (χ3n) is 6.47. The lowest BCUT2D eigenvalue weighted by atomic mass is 10.1. The number of para-hydroxylation sites is 1. The van der Waals surface area contributed by atoms with Gasteiger partial charge in [-0.15, -0.1) is 0 Å². The number of hydroxylamine groups is 1. The van der Waals surface area contributed by atoms with Crippen LogP contribution < -0.4 is 16.0 Å². The molecule has 186 valence electrons. The summed E-state index contributed by atoms with van der Waals surface area (Å²) >= 11 is 0. The third kappa shape index (κ3) is 5.14. The summed E-state index contributed by atoms with van der Waals surface area (Å²) in [7, 11) is 0. The zero-order chi connectivity index (χ0) is 24.9. The summed E-state index contributed by atoms with van der Waals surface area (Å²) < 4.78 is 7.91. The molecule has 0 aliphatic carbocycles. The smallest absolute Gasteiger partial charge is 0.243 e. The van der Waals surface area contributed by atoms with Crippen molar-refractivity contribution in [3.8, 4) is 22.8 Å². The van der Waals surface area contributed by atoms with E-state index in [2.05, 4.69) is 14.9 Å². The predicted octanol–water partition coefficient (Wildman–Crippen LogP) is 3.79. The van der Waals surface area contributed by atoms with Crippen LogP contribution in [0.15, 0.2) is 60.9 Å². The maximum atomic E-state index is 11.2. The standard InChI is InChI=1S/C26H29N7O3/c27-25-23-24(18-9-11-21(12-10-18)36-20-6-2-1-3-7-20)30-33(26(23)29-17-28-25)19-13-15-32(16-19)14-5-4-8-22(34)31-35/h1-3,6-7,9-12,17,19,35H,4-5,8,13-16H2,(H,31,34)(H2,27,28,29). The minimum atomic E-state index is -0.346. The molecule has 1 amide bonds. The lowest BCUT2D eigenvalue weighted by Gasteiger charge is -2.16. The highest BCUT2D eigenvalue weighted by Gasteiger charge is 2.28. The fourth-order valence-corrected chi connectivity index (χ4v) is 4.65. The van der Waals surface area contributed by atoms with Crippen LogP contribution in [0.2, 0.25) is 0 Å². The van der Waals surface area contributed by atoms with E-state index in [0.29, 0.717) is 12.2 Å². The molecule has 5 rings (SSSR count). The molecule has 10 nitrogen and oxygen atoms in total. The summed E-state index contributed by atoms with van der Waals surface area (Å²) in [6, 6.07) is 17.6. The van der Waals surface area contributed by atoms with Gasteiger partial charge in [0.15, 0.2) is 5.65 Å². The number of nitrogens with two attached hydrogens (primary N) is 1. The highest BCUT2D eigenvalue weighted by molar-refractivity contribution is 5.98. The Bertz CT molecular complexity index is 1320. The Balaban J connectivity index is 1.33. The Morgan fingerprint density at radius 3 is 2.64 bits per heavy atom. The number of hydrogen-bond acceptors (Lipinski definition) is 8. The number of hydrogen-bond donors (Lipinski definition) is 3. The molecule has 1 aliphatic heterocycles. The quantitative estimate of drug-likeness (QED) is 0.185. The van der Waals surface area contributed by atoms with E-state index in [9.17, 15) is 4.79 Å². The zero-order valence-corrected chi connectivity index (χ0v) is 19.9. The van der Waals surface area contributed by atoms with Crippen LogP contribution in [0.3, 0.4) is 0 Å². The number of ether oxygens (including phenoxy) is 1. The first kappa shape index (κ1) is 23.7. The number of carbonyl (C=O) groups excluding carboxylic acids is 1. The molecule has 1 fully saturated rings. The van der Waals surface area contributed by atoms with Crippen molar-refractivity contribution >= 4 is 22.8 Å². The molecule has 0 spiro atoms. The number of benzene rings is 2. The average Bonchev–Trinajstić information content (AvgIpc) is 3.53. The topological polar surface area (TPSA) is 131 Å². The van der Waals surface area contributed by atoms with Gasteiger partial charge in [-0.05, 0) is 62.2 Å². The van der Waals surface area contributed by atoms with Gasteiger partial charge in [0.1, 0.15) is 29.3 Å². The van der Waals surface area contributed by atoms with E-state index in [1.54, 1.807) is 5.48 Å². The van der Waals surface area contributed by atoms with Crippen LogP contribution in [0.25, 0.3) is 22.3 Å². The fourth-order valence-electron chi connectivity index (χ4n) is 4.65. The lowest BCUT2D eigenvalue weighted by Crippen LogP contribution is -2.24. The van der Waals surface area contributed by atoms with Gasteiger partial charge in [0.2, 0.25) is 5.91 Å². The highest BCUT2D eigenvalue weighted by Crippen LogP contribution is 2.35. The van der Waals surface area contributed by atoms with Gasteiger partial charge >= 0.3 is 0 Å². The number of fused-ring (bicyclic) bond motifs is 1. The average molecular weight is 488 g/mol. The van der Waals surface area contributed by atoms with Crippen molar-refractivity contribution in [3.05, 3.63) is 60.9 Å². The zero-order valence-electron chi connectivity index (χ0n) is 19.9. The normalized spacial score (nSPS) is 15.9. The van der Waals surface area contributed by atoms with Crippen molar-refractivity contribution in [1.29, 1.82) is 0 Å². The summed E-state index contributed by atoms with van der Waals surface area (Å²) in [6.07, 6.45) is 4.37. The van der Waals surface area contributed by atoms with E-state index in [0.717, 1.165) is 72.7 Å². The Hall–Kier alpha value is -4.02. The fraction of sp³-hybridized carbons (Fsp3) is 0.308. The molecule has 0 radical (unpaired) electrons. The van der Waals surface area contributed by atoms with Gasteiger partial charge in [-0.3, -0.25) is 10.0 Å². The van der Waals surface area contributed by atoms with E-state index in [1.165, 1.54) is 6.33 Å². The molecule has 4 N–H and O–H groups in total. The second kappa shape index (κ2) is 10.7. The number of likely N-dealkylation sites (tertiary alicyclic amines) is 1. The van der Waals surface area contributed by atoms with Crippen LogP contribution in [0.1, 0.15) is 31.7 Å². The van der Waals surface area contributed by atoms with E-state index >= 15 is 0 Å². The van der Waals surface area contributed by atoms with Crippen LogP contribution in [0, 0.1) is 0 Å². The molecule has 1 unspecified atom stereocenters. The number of nitrogens with zero attached hydrogens (tertiary/aromatic N) is 5.